The molecule has 1 aromatic rings. The van der Waals surface area contributed by atoms with Crippen LogP contribution >= 0.6 is 0 Å². The number of anilines is 1. The number of nitrogens with one attached hydrogen (secondary N) is 2. The summed E-state index contributed by atoms with van der Waals surface area (Å²) in [5, 5.41) is 5.88. The highest BCUT2D eigenvalue weighted by atomic mass is 16.5. The highest BCUT2D eigenvalue weighted by Crippen LogP contribution is 2.15. The van der Waals surface area contributed by atoms with Gasteiger partial charge in [0.1, 0.15) is 12.4 Å². The summed E-state index contributed by atoms with van der Waals surface area (Å²) in [5.41, 5.74) is 0.769. The Morgan fingerprint density at radius 2 is 1.90 bits per heavy atom. The zero-order valence-corrected chi connectivity index (χ0v) is 12.3. The van der Waals surface area contributed by atoms with Gasteiger partial charge in [-0.25, -0.2) is 0 Å². The second-order valence-corrected chi connectivity index (χ2v) is 4.29. The van der Waals surface area contributed by atoms with Gasteiger partial charge in [0.25, 0.3) is 0 Å². The maximum atomic E-state index is 11.6. The van der Waals surface area contributed by atoms with Crippen molar-refractivity contribution in [2.24, 2.45) is 0 Å². The number of rotatable bonds is 10. The average Bonchev–Trinajstić information content (AvgIpc) is 2.46. The number of benzene rings is 1. The summed E-state index contributed by atoms with van der Waals surface area (Å²) < 4.78 is 10.7. The molecule has 20 heavy (non-hydrogen) atoms. The molecule has 5 nitrogen and oxygen atoms in total. The van der Waals surface area contributed by atoms with Crippen LogP contribution in [0.3, 0.4) is 0 Å². The van der Waals surface area contributed by atoms with E-state index in [-0.39, 0.29) is 5.91 Å². The van der Waals surface area contributed by atoms with Crippen molar-refractivity contribution in [2.45, 2.75) is 20.3 Å². The lowest BCUT2D eigenvalue weighted by Gasteiger charge is -2.08. The Hall–Kier alpha value is -1.59. The molecule has 2 N–H and O–H groups in total. The van der Waals surface area contributed by atoms with Crippen LogP contribution in [0.4, 0.5) is 5.69 Å². The van der Waals surface area contributed by atoms with Gasteiger partial charge >= 0.3 is 0 Å². The fraction of sp³-hybridized carbons (Fsp3) is 0.533. The van der Waals surface area contributed by atoms with Crippen LogP contribution in [0.25, 0.3) is 0 Å². The summed E-state index contributed by atoms with van der Waals surface area (Å²) in [7, 11) is 0. The number of ether oxygens (including phenoxy) is 2. The molecule has 0 saturated carbocycles. The second-order valence-electron chi connectivity index (χ2n) is 4.29. The van der Waals surface area contributed by atoms with Crippen LogP contribution in [0.5, 0.6) is 5.75 Å². The molecule has 1 rings (SSSR count). The predicted octanol–water partition coefficient (Wildman–Crippen LogP) is 2.04. The molecule has 0 aromatic heterocycles. The lowest BCUT2D eigenvalue weighted by atomic mass is 10.3. The molecule has 0 spiro atoms. The van der Waals surface area contributed by atoms with Crippen molar-refractivity contribution in [3.63, 3.8) is 0 Å². The van der Waals surface area contributed by atoms with Gasteiger partial charge in [0.15, 0.2) is 0 Å². The summed E-state index contributed by atoms with van der Waals surface area (Å²) in [5.74, 6) is 0.732. The van der Waals surface area contributed by atoms with E-state index in [0.29, 0.717) is 26.4 Å². The maximum absolute atomic E-state index is 11.6. The highest BCUT2D eigenvalue weighted by Gasteiger charge is 2.01. The molecule has 1 aromatic carbocycles. The first-order valence-corrected chi connectivity index (χ1v) is 7.07. The standard InChI is InChI=1S/C15H24N2O3/c1-3-9-16-12-15(18)17-13-5-7-14(8-6-13)20-11-10-19-4-2/h5-8,16H,3-4,9-12H2,1-2H3,(H,17,18). The van der Waals surface area contributed by atoms with Crippen molar-refractivity contribution in [1.29, 1.82) is 0 Å². The number of carbonyl (C=O) groups excluding carboxylic acids is 1. The molecule has 0 radical (unpaired) electrons. The van der Waals surface area contributed by atoms with E-state index < -0.39 is 0 Å². The van der Waals surface area contributed by atoms with Crippen LogP contribution in [0.1, 0.15) is 20.3 Å². The number of hydrogen-bond donors (Lipinski definition) is 2. The topological polar surface area (TPSA) is 59.6 Å². The number of amides is 1. The van der Waals surface area contributed by atoms with Gasteiger partial charge in [0.05, 0.1) is 13.2 Å². The lowest BCUT2D eigenvalue weighted by molar-refractivity contribution is -0.115. The molecule has 0 saturated heterocycles. The minimum atomic E-state index is -0.0385. The molecule has 0 aliphatic heterocycles. The summed E-state index contributed by atoms with van der Waals surface area (Å²) in [6.45, 7) is 7.00. The molecule has 0 unspecified atom stereocenters. The van der Waals surface area contributed by atoms with Crippen molar-refractivity contribution in [3.8, 4) is 5.75 Å². The van der Waals surface area contributed by atoms with Gasteiger partial charge < -0.3 is 20.1 Å². The Kier molecular flexibility index (Phi) is 8.42. The molecule has 0 heterocycles. The molecule has 1 amide bonds. The molecule has 0 bridgehead atoms. The molecule has 5 heteroatoms. The monoisotopic (exact) mass is 280 g/mol. The van der Waals surface area contributed by atoms with Crippen molar-refractivity contribution in [1.82, 2.24) is 5.32 Å². The van der Waals surface area contributed by atoms with Gasteiger partial charge in [-0.3, -0.25) is 4.79 Å². The molecule has 112 valence electrons. The van der Waals surface area contributed by atoms with Crippen LogP contribution in [-0.4, -0.2) is 38.8 Å². The summed E-state index contributed by atoms with van der Waals surface area (Å²) in [6, 6.07) is 7.32. The van der Waals surface area contributed by atoms with Crippen LogP contribution in [0.2, 0.25) is 0 Å². The van der Waals surface area contributed by atoms with Gasteiger partial charge in [-0.1, -0.05) is 6.92 Å². The minimum absolute atomic E-state index is 0.0385. The summed E-state index contributed by atoms with van der Waals surface area (Å²) in [6.07, 6.45) is 1.01. The van der Waals surface area contributed by atoms with Gasteiger partial charge in [0, 0.05) is 12.3 Å². The molecular formula is C15H24N2O3. The van der Waals surface area contributed by atoms with Crippen LogP contribution in [0, 0.1) is 0 Å². The predicted molar refractivity (Wildman–Crippen MR) is 80.2 cm³/mol. The zero-order chi connectivity index (χ0) is 14.6. The SMILES string of the molecule is CCCNCC(=O)Nc1ccc(OCCOCC)cc1. The van der Waals surface area contributed by atoms with E-state index >= 15 is 0 Å². The first-order chi connectivity index (χ1) is 9.76. The average molecular weight is 280 g/mol. The van der Waals surface area contributed by atoms with E-state index in [9.17, 15) is 4.79 Å². The second kappa shape index (κ2) is 10.2. The van der Waals surface area contributed by atoms with Gasteiger partial charge in [-0.15, -0.1) is 0 Å². The van der Waals surface area contributed by atoms with Crippen molar-refractivity contribution in [2.75, 3.05) is 38.2 Å². The van der Waals surface area contributed by atoms with Crippen LogP contribution in [-0.2, 0) is 9.53 Å². The van der Waals surface area contributed by atoms with Crippen molar-refractivity contribution < 1.29 is 14.3 Å². The Bertz CT molecular complexity index is 379. The van der Waals surface area contributed by atoms with Crippen molar-refractivity contribution >= 4 is 11.6 Å². The van der Waals surface area contributed by atoms with Crippen LogP contribution in [0.15, 0.2) is 24.3 Å². The fourth-order valence-electron chi connectivity index (χ4n) is 1.58. The third-order valence-corrected chi connectivity index (χ3v) is 2.55. The normalized spacial score (nSPS) is 10.3. The van der Waals surface area contributed by atoms with E-state index in [0.717, 1.165) is 24.4 Å². The Labute approximate surface area is 120 Å². The third kappa shape index (κ3) is 7.11. The van der Waals surface area contributed by atoms with Crippen molar-refractivity contribution in [3.05, 3.63) is 24.3 Å². The van der Waals surface area contributed by atoms with Gasteiger partial charge in [0.2, 0.25) is 5.91 Å². The van der Waals surface area contributed by atoms with Crippen LogP contribution < -0.4 is 15.4 Å². The minimum Gasteiger partial charge on any atom is -0.491 e. The fourth-order valence-corrected chi connectivity index (χ4v) is 1.58. The largest absolute Gasteiger partial charge is 0.491 e. The summed E-state index contributed by atoms with van der Waals surface area (Å²) in [4.78, 5) is 11.6. The quantitative estimate of drug-likeness (QED) is 0.644. The maximum Gasteiger partial charge on any atom is 0.238 e. The molecule has 0 fully saturated rings. The molecule has 0 aliphatic rings. The lowest BCUT2D eigenvalue weighted by Crippen LogP contribution is -2.28. The van der Waals surface area contributed by atoms with Gasteiger partial charge in [-0.05, 0) is 44.2 Å². The third-order valence-electron chi connectivity index (χ3n) is 2.55. The van der Waals surface area contributed by atoms with E-state index in [1.165, 1.54) is 0 Å². The molecular weight excluding hydrogens is 256 g/mol. The Morgan fingerprint density at radius 3 is 2.55 bits per heavy atom. The first kappa shape index (κ1) is 16.5. The highest BCUT2D eigenvalue weighted by molar-refractivity contribution is 5.92. The zero-order valence-electron chi connectivity index (χ0n) is 12.3. The van der Waals surface area contributed by atoms with Gasteiger partial charge in [-0.2, -0.15) is 0 Å². The number of carbonyl (C=O) groups is 1. The van der Waals surface area contributed by atoms with E-state index in [4.69, 9.17) is 9.47 Å². The van der Waals surface area contributed by atoms with E-state index in [2.05, 4.69) is 17.6 Å². The number of hydrogen-bond acceptors (Lipinski definition) is 4. The first-order valence-electron chi connectivity index (χ1n) is 7.07. The Morgan fingerprint density at radius 1 is 1.15 bits per heavy atom. The smallest absolute Gasteiger partial charge is 0.238 e. The molecule has 0 aliphatic carbocycles. The summed E-state index contributed by atoms with van der Waals surface area (Å²) >= 11 is 0. The molecule has 0 atom stereocenters. The van der Waals surface area contributed by atoms with E-state index in [1.54, 1.807) is 0 Å². The Balaban J connectivity index is 2.29. The van der Waals surface area contributed by atoms with E-state index in [1.807, 2.05) is 31.2 Å².